The van der Waals surface area contributed by atoms with Crippen molar-refractivity contribution >= 4 is 54.2 Å². The Hall–Kier alpha value is 0.520. The van der Waals surface area contributed by atoms with E-state index < -0.39 is 16.5 Å². The second kappa shape index (κ2) is 12.0. The van der Waals surface area contributed by atoms with E-state index in [1.807, 2.05) is 30.3 Å². The minimum Gasteiger partial charge on any atom is -0.563 e. The van der Waals surface area contributed by atoms with Crippen molar-refractivity contribution in [3.63, 3.8) is 0 Å². The first kappa shape index (κ1) is 18.9. The fourth-order valence-electron chi connectivity index (χ4n) is 0.638. The Kier molecular flexibility index (Phi) is 14.1. The quantitative estimate of drug-likeness (QED) is 0.611. The molecule has 1 rings (SSSR count). The van der Waals surface area contributed by atoms with Gasteiger partial charge < -0.3 is 14.9 Å². The van der Waals surface area contributed by atoms with Crippen molar-refractivity contribution in [2.45, 2.75) is 6.61 Å². The average molecular weight is 290 g/mol. The monoisotopic (exact) mass is 290 g/mol. The van der Waals surface area contributed by atoms with Gasteiger partial charge in [0.05, 0.1) is 6.61 Å². The van der Waals surface area contributed by atoms with Gasteiger partial charge in [-0.3, -0.25) is 0 Å². The van der Waals surface area contributed by atoms with Crippen LogP contribution in [0.4, 0.5) is 0 Å². The van der Waals surface area contributed by atoms with E-state index in [1.54, 1.807) is 0 Å². The minimum absolute atomic E-state index is 0. The van der Waals surface area contributed by atoms with Crippen molar-refractivity contribution in [2.24, 2.45) is 0 Å². The number of hydrogen-bond acceptors (Lipinski definition) is 6. The van der Waals surface area contributed by atoms with E-state index in [0.717, 1.165) is 5.56 Å². The van der Waals surface area contributed by atoms with Crippen LogP contribution < -0.4 is 9.79 Å². The first-order valence-electron chi connectivity index (χ1n) is 3.68. The van der Waals surface area contributed by atoms with Gasteiger partial charge in [-0.2, -0.15) is 0 Å². The van der Waals surface area contributed by atoms with Crippen LogP contribution in [0, 0.1) is 0 Å². The maximum absolute atomic E-state index is 9.24. The van der Waals surface area contributed by atoms with Crippen LogP contribution >= 0.6 is 16.5 Å². The number of aliphatic hydroxyl groups excluding tert-OH is 1. The van der Waals surface area contributed by atoms with Crippen molar-refractivity contribution < 1.29 is 28.3 Å². The molecule has 0 amide bonds. The van der Waals surface area contributed by atoms with E-state index >= 15 is 0 Å². The molecule has 0 fully saturated rings. The van der Waals surface area contributed by atoms with E-state index in [9.17, 15) is 18.9 Å². The summed E-state index contributed by atoms with van der Waals surface area (Å²) in [6, 6.07) is 9.52. The van der Waals surface area contributed by atoms with Crippen molar-refractivity contribution in [3.05, 3.63) is 35.9 Å². The van der Waals surface area contributed by atoms with Crippen LogP contribution in [-0.2, 0) is 20.0 Å². The van der Waals surface area contributed by atoms with Gasteiger partial charge in [0, 0.05) is 0 Å². The zero-order valence-electron chi connectivity index (χ0n) is 8.18. The molecule has 6 nitrogen and oxygen atoms in total. The Balaban J connectivity index is 0. The van der Waals surface area contributed by atoms with Gasteiger partial charge in [-0.1, -0.05) is 30.3 Å². The Morgan fingerprint density at radius 1 is 1.12 bits per heavy atom. The summed E-state index contributed by atoms with van der Waals surface area (Å²) in [5, 5.41) is 8.54. The summed E-state index contributed by atoms with van der Waals surface area (Å²) in [7, 11) is -6.47. The van der Waals surface area contributed by atoms with Crippen LogP contribution in [0.5, 0.6) is 0 Å². The van der Waals surface area contributed by atoms with Gasteiger partial charge in [-0.15, -0.1) is 0 Å². The fraction of sp³-hybridized carbons (Fsp3) is 0.143. The van der Waals surface area contributed by atoms with E-state index in [4.69, 9.17) is 5.11 Å². The molecule has 0 radical (unpaired) electrons. The van der Waals surface area contributed by atoms with Crippen LogP contribution in [0.3, 0.4) is 0 Å². The molecule has 0 saturated heterocycles. The molecule has 0 bridgehead atoms. The Bertz CT molecular complexity index is 308. The predicted octanol–water partition coefficient (Wildman–Crippen LogP) is -0.164. The van der Waals surface area contributed by atoms with Crippen LogP contribution in [-0.4, -0.2) is 42.8 Å². The molecule has 1 aromatic rings. The second-order valence-corrected chi connectivity index (χ2v) is 3.72. The Labute approximate surface area is 124 Å². The van der Waals surface area contributed by atoms with Gasteiger partial charge in [0.1, 0.15) is 4.31 Å². The summed E-state index contributed by atoms with van der Waals surface area (Å²) < 4.78 is 21.6. The fourth-order valence-corrected chi connectivity index (χ4v) is 1.07. The normalized spacial score (nSPS) is 10.4. The van der Waals surface area contributed by atoms with Crippen molar-refractivity contribution in [1.82, 2.24) is 0 Å². The largest absolute Gasteiger partial charge is 2.00 e. The van der Waals surface area contributed by atoms with Gasteiger partial charge in [0.2, 0.25) is 0 Å². The molecule has 0 spiro atoms. The predicted molar refractivity (Wildman–Crippen MR) is 54.4 cm³/mol. The summed E-state index contributed by atoms with van der Waals surface area (Å²) in [6.07, 6.45) is 0. The molecule has 0 aliphatic heterocycles. The molecule has 2 atom stereocenters. The van der Waals surface area contributed by atoms with Crippen LogP contribution in [0.25, 0.3) is 0 Å². The van der Waals surface area contributed by atoms with Gasteiger partial charge >= 0.3 is 54.2 Å². The van der Waals surface area contributed by atoms with Gasteiger partial charge in [0.25, 0.3) is 0 Å². The van der Waals surface area contributed by atoms with Crippen LogP contribution in [0.1, 0.15) is 5.56 Å². The van der Waals surface area contributed by atoms with Crippen LogP contribution in [0.15, 0.2) is 30.3 Å². The smallest absolute Gasteiger partial charge is 0.563 e. The molecule has 0 aliphatic carbocycles. The van der Waals surface area contributed by atoms with Crippen molar-refractivity contribution in [2.75, 3.05) is 0 Å². The Morgan fingerprint density at radius 2 is 1.56 bits per heavy atom. The van der Waals surface area contributed by atoms with Gasteiger partial charge in [-0.25, -0.2) is 0 Å². The summed E-state index contributed by atoms with van der Waals surface area (Å²) in [5.41, 5.74) is 0.965. The first-order chi connectivity index (χ1) is 7.06. The maximum atomic E-state index is 9.24. The second-order valence-electron chi connectivity index (χ2n) is 2.17. The van der Waals surface area contributed by atoms with E-state index in [-0.39, 0.29) is 44.3 Å². The molecule has 0 saturated carbocycles. The van der Waals surface area contributed by atoms with Crippen molar-refractivity contribution in [3.8, 4) is 0 Å². The number of rotatable bonds is 3. The first-order valence-corrected chi connectivity index (χ1v) is 5.87. The maximum Gasteiger partial charge on any atom is 2.00 e. The minimum atomic E-state index is -3.24. The average Bonchev–Trinajstić information content (AvgIpc) is 2.18. The number of benzene rings is 1. The summed E-state index contributed by atoms with van der Waals surface area (Å²) >= 11 is 0. The number of aliphatic hydroxyl groups is 1. The van der Waals surface area contributed by atoms with E-state index in [1.165, 1.54) is 0 Å². The molecule has 2 unspecified atom stereocenters. The van der Waals surface area contributed by atoms with Crippen molar-refractivity contribution in [1.29, 1.82) is 0 Å². The van der Waals surface area contributed by atoms with Gasteiger partial charge in [-0.05, 0) is 14.7 Å². The molecule has 16 heavy (non-hydrogen) atoms. The third-order valence-corrected chi connectivity index (χ3v) is 2.23. The molecule has 1 N–H and O–H groups in total. The standard InChI is InChI=1S/C7H8O.Ca.O5P2/c8-6-7-4-2-1-3-5-7;;1-6(2)5-7(3)4/h1-5,8H,6H2;;/q;+2;. The molecule has 0 aromatic heterocycles. The SMILES string of the molecule is O=[P+]([O-])O[P+](=O)[O-].OCc1ccccc1.[Ca+2]. The zero-order valence-corrected chi connectivity index (χ0v) is 12.2. The van der Waals surface area contributed by atoms with Gasteiger partial charge in [0.15, 0.2) is 0 Å². The zero-order chi connectivity index (χ0) is 11.7. The summed E-state index contributed by atoms with van der Waals surface area (Å²) in [6.45, 7) is 0.140. The Morgan fingerprint density at radius 3 is 1.75 bits per heavy atom. The van der Waals surface area contributed by atoms with E-state index in [0.29, 0.717) is 0 Å². The third kappa shape index (κ3) is 12.6. The molecular weight excluding hydrogens is 282 g/mol. The number of hydrogen-bond donors (Lipinski definition) is 1. The molecular formula is C7H8CaO6P2+2. The summed E-state index contributed by atoms with van der Waals surface area (Å²) in [4.78, 5) is 18.5. The molecule has 1 aromatic carbocycles. The third-order valence-electron chi connectivity index (χ3n) is 1.16. The molecule has 9 heteroatoms. The molecule has 0 heterocycles. The van der Waals surface area contributed by atoms with Crippen LogP contribution in [0.2, 0.25) is 0 Å². The summed E-state index contributed by atoms with van der Waals surface area (Å²) in [5.74, 6) is 0. The molecule has 0 aliphatic rings. The van der Waals surface area contributed by atoms with E-state index in [2.05, 4.69) is 4.31 Å². The topological polar surface area (TPSA) is 110 Å². The molecule has 82 valence electrons.